The summed E-state index contributed by atoms with van der Waals surface area (Å²) in [6.45, 7) is 6.12. The highest BCUT2D eigenvalue weighted by Gasteiger charge is 2.10. The van der Waals surface area contributed by atoms with Gasteiger partial charge < -0.3 is 15.2 Å². The van der Waals surface area contributed by atoms with E-state index in [-0.39, 0.29) is 0 Å². The van der Waals surface area contributed by atoms with Crippen LogP contribution in [0.3, 0.4) is 0 Å². The number of halogens is 1. The molecule has 0 aliphatic heterocycles. The topological polar surface area (TPSA) is 47.1 Å². The molecule has 1 heterocycles. The summed E-state index contributed by atoms with van der Waals surface area (Å²) in [5.41, 5.74) is 7.85. The van der Waals surface area contributed by atoms with Crippen molar-refractivity contribution in [1.82, 2.24) is 14.5 Å². The predicted octanol–water partition coefficient (Wildman–Crippen LogP) is 2.61. The Bertz CT molecular complexity index is 547. The van der Waals surface area contributed by atoms with E-state index in [9.17, 15) is 0 Å². The minimum Gasteiger partial charge on any atom is -0.369 e. The second kappa shape index (κ2) is 5.16. The zero-order chi connectivity index (χ0) is 13.3. The van der Waals surface area contributed by atoms with Crippen LogP contribution in [0.25, 0.3) is 11.0 Å². The predicted molar refractivity (Wildman–Crippen MR) is 76.9 cm³/mol. The third-order valence-electron chi connectivity index (χ3n) is 3.30. The van der Waals surface area contributed by atoms with Gasteiger partial charge in [0.1, 0.15) is 0 Å². The van der Waals surface area contributed by atoms with Crippen molar-refractivity contribution in [3.63, 3.8) is 0 Å². The zero-order valence-corrected chi connectivity index (χ0v) is 11.8. The third kappa shape index (κ3) is 2.60. The highest BCUT2D eigenvalue weighted by atomic mass is 35.5. The number of fused-ring (bicyclic) bond motifs is 1. The van der Waals surface area contributed by atoms with Crippen molar-refractivity contribution in [1.29, 1.82) is 0 Å². The summed E-state index contributed by atoms with van der Waals surface area (Å²) in [6.07, 6.45) is 0. The Kier molecular flexibility index (Phi) is 3.78. The van der Waals surface area contributed by atoms with E-state index in [1.54, 1.807) is 0 Å². The van der Waals surface area contributed by atoms with E-state index in [1.807, 2.05) is 22.8 Å². The lowest BCUT2D eigenvalue weighted by atomic mass is 10.3. The number of benzene rings is 1. The second-order valence-electron chi connectivity index (χ2n) is 4.83. The molecular weight excluding hydrogens is 248 g/mol. The molecule has 0 aliphatic carbocycles. The van der Waals surface area contributed by atoms with Crippen molar-refractivity contribution in [3.8, 4) is 0 Å². The van der Waals surface area contributed by atoms with Crippen LogP contribution in [0.2, 0.25) is 5.02 Å². The number of nitrogen functional groups attached to an aromatic ring is 1. The van der Waals surface area contributed by atoms with Gasteiger partial charge in [-0.2, -0.15) is 0 Å². The lowest BCUT2D eigenvalue weighted by Crippen LogP contribution is -2.29. The highest BCUT2D eigenvalue weighted by molar-refractivity contribution is 6.31. The van der Waals surface area contributed by atoms with E-state index in [0.717, 1.165) is 24.1 Å². The van der Waals surface area contributed by atoms with E-state index < -0.39 is 0 Å². The van der Waals surface area contributed by atoms with E-state index in [2.05, 4.69) is 30.8 Å². The molecule has 2 aromatic rings. The zero-order valence-electron chi connectivity index (χ0n) is 11.0. The lowest BCUT2D eigenvalue weighted by Gasteiger charge is -2.21. The molecule has 2 rings (SSSR count). The average Bonchev–Trinajstić information content (AvgIpc) is 2.60. The average molecular weight is 267 g/mol. The van der Waals surface area contributed by atoms with Crippen LogP contribution in [0.15, 0.2) is 18.2 Å². The summed E-state index contributed by atoms with van der Waals surface area (Å²) in [5, 5.41) is 0.687. The number of imidazole rings is 1. The molecule has 5 heteroatoms. The van der Waals surface area contributed by atoms with Crippen molar-refractivity contribution >= 4 is 28.6 Å². The molecule has 0 bridgehead atoms. The number of anilines is 1. The molecule has 1 aromatic heterocycles. The maximum atomic E-state index is 5.96. The number of rotatable bonds is 4. The first kappa shape index (κ1) is 13.2. The molecule has 18 heavy (non-hydrogen) atoms. The van der Waals surface area contributed by atoms with Crippen molar-refractivity contribution in [2.75, 3.05) is 19.3 Å². The van der Waals surface area contributed by atoms with Crippen LogP contribution in [0.1, 0.15) is 13.8 Å². The number of hydrogen-bond donors (Lipinski definition) is 1. The molecule has 0 saturated carbocycles. The molecule has 0 fully saturated rings. The van der Waals surface area contributed by atoms with Gasteiger partial charge in [-0.3, -0.25) is 0 Å². The SMILES string of the molecule is CC(C)N(C)CCn1c(N)nc2cc(Cl)ccc21. The van der Waals surface area contributed by atoms with Gasteiger partial charge in [-0.15, -0.1) is 0 Å². The van der Waals surface area contributed by atoms with Crippen LogP contribution >= 0.6 is 11.6 Å². The Hall–Kier alpha value is -1.26. The fourth-order valence-electron chi connectivity index (χ4n) is 1.87. The van der Waals surface area contributed by atoms with Crippen LogP contribution in [-0.4, -0.2) is 34.1 Å². The van der Waals surface area contributed by atoms with Gasteiger partial charge in [0, 0.05) is 24.2 Å². The Morgan fingerprint density at radius 1 is 1.44 bits per heavy atom. The minimum absolute atomic E-state index is 0.524. The van der Waals surface area contributed by atoms with Gasteiger partial charge in [-0.25, -0.2) is 4.98 Å². The first-order valence-corrected chi connectivity index (χ1v) is 6.48. The Morgan fingerprint density at radius 2 is 2.17 bits per heavy atom. The van der Waals surface area contributed by atoms with Crippen LogP contribution in [0, 0.1) is 0 Å². The lowest BCUT2D eigenvalue weighted by molar-refractivity contribution is 0.264. The number of hydrogen-bond acceptors (Lipinski definition) is 3. The van der Waals surface area contributed by atoms with Gasteiger partial charge in [0.2, 0.25) is 5.95 Å². The number of aromatic nitrogens is 2. The molecule has 2 N–H and O–H groups in total. The van der Waals surface area contributed by atoms with Gasteiger partial charge in [0.25, 0.3) is 0 Å². The van der Waals surface area contributed by atoms with Crippen LogP contribution in [0.5, 0.6) is 0 Å². The molecule has 0 radical (unpaired) electrons. The van der Waals surface area contributed by atoms with Crippen molar-refractivity contribution in [3.05, 3.63) is 23.2 Å². The number of likely N-dealkylation sites (N-methyl/N-ethyl adjacent to an activating group) is 1. The summed E-state index contributed by atoms with van der Waals surface area (Å²) < 4.78 is 2.03. The van der Waals surface area contributed by atoms with Crippen LogP contribution < -0.4 is 5.73 Å². The smallest absolute Gasteiger partial charge is 0.201 e. The van der Waals surface area contributed by atoms with Gasteiger partial charge >= 0.3 is 0 Å². The molecule has 0 aliphatic rings. The number of nitrogens with zero attached hydrogens (tertiary/aromatic N) is 3. The Balaban J connectivity index is 2.25. The first-order chi connectivity index (χ1) is 8.49. The standard InChI is InChI=1S/C13H19ClN4/c1-9(2)17(3)6-7-18-12-5-4-10(14)8-11(12)16-13(18)15/h4-5,8-9H,6-7H2,1-3H3,(H2,15,16). The van der Waals surface area contributed by atoms with E-state index >= 15 is 0 Å². The third-order valence-corrected chi connectivity index (χ3v) is 3.53. The quantitative estimate of drug-likeness (QED) is 0.925. The number of nitrogens with two attached hydrogens (primary N) is 1. The maximum absolute atomic E-state index is 5.96. The Morgan fingerprint density at radius 3 is 2.83 bits per heavy atom. The van der Waals surface area contributed by atoms with Crippen molar-refractivity contribution < 1.29 is 0 Å². The minimum atomic E-state index is 0.524. The molecule has 4 nitrogen and oxygen atoms in total. The van der Waals surface area contributed by atoms with Gasteiger partial charge in [0.05, 0.1) is 11.0 Å². The summed E-state index contributed by atoms with van der Waals surface area (Å²) in [6, 6.07) is 6.20. The fraction of sp³-hybridized carbons (Fsp3) is 0.462. The molecule has 1 aromatic carbocycles. The molecular formula is C13H19ClN4. The second-order valence-corrected chi connectivity index (χ2v) is 5.27. The summed E-state index contributed by atoms with van der Waals surface area (Å²) in [4.78, 5) is 6.61. The molecule has 0 atom stereocenters. The van der Waals surface area contributed by atoms with E-state index in [0.29, 0.717) is 17.0 Å². The van der Waals surface area contributed by atoms with Crippen LogP contribution in [-0.2, 0) is 6.54 Å². The highest BCUT2D eigenvalue weighted by Crippen LogP contribution is 2.21. The van der Waals surface area contributed by atoms with E-state index in [1.165, 1.54) is 0 Å². The molecule has 0 amide bonds. The largest absolute Gasteiger partial charge is 0.369 e. The van der Waals surface area contributed by atoms with Crippen molar-refractivity contribution in [2.24, 2.45) is 0 Å². The molecule has 0 spiro atoms. The maximum Gasteiger partial charge on any atom is 0.201 e. The van der Waals surface area contributed by atoms with Gasteiger partial charge in [0.15, 0.2) is 0 Å². The summed E-state index contributed by atoms with van der Waals surface area (Å²) >= 11 is 5.95. The molecule has 98 valence electrons. The summed E-state index contributed by atoms with van der Waals surface area (Å²) in [7, 11) is 2.11. The monoisotopic (exact) mass is 266 g/mol. The van der Waals surface area contributed by atoms with E-state index in [4.69, 9.17) is 17.3 Å². The van der Waals surface area contributed by atoms with Gasteiger partial charge in [-0.05, 0) is 39.1 Å². The normalized spacial score (nSPS) is 11.9. The van der Waals surface area contributed by atoms with Gasteiger partial charge in [-0.1, -0.05) is 11.6 Å². The summed E-state index contributed by atoms with van der Waals surface area (Å²) in [5.74, 6) is 0.546. The first-order valence-electron chi connectivity index (χ1n) is 6.10. The fourth-order valence-corrected chi connectivity index (χ4v) is 2.04. The molecule has 0 saturated heterocycles. The Labute approximate surface area is 112 Å². The van der Waals surface area contributed by atoms with Crippen LogP contribution in [0.4, 0.5) is 5.95 Å². The molecule has 0 unspecified atom stereocenters. The van der Waals surface area contributed by atoms with Crippen molar-refractivity contribution in [2.45, 2.75) is 26.4 Å².